The molecule has 0 amide bonds. The molecule has 3 aromatic rings. The summed E-state index contributed by atoms with van der Waals surface area (Å²) in [5.74, 6) is 1.34. The molecule has 0 bridgehead atoms. The fourth-order valence-electron chi connectivity index (χ4n) is 3.03. The van der Waals surface area contributed by atoms with Crippen molar-refractivity contribution in [2.45, 2.75) is 26.3 Å². The minimum absolute atomic E-state index is 0.137. The van der Waals surface area contributed by atoms with Gasteiger partial charge in [0.15, 0.2) is 0 Å². The van der Waals surface area contributed by atoms with E-state index in [2.05, 4.69) is 37.3 Å². The standard InChI is InChI=1S/C23H29N5O2/c1-17-8-9-18(14-25-17)12-20-15-26-23(27-22(20)29)24-10-5-11-30-21-7-4-6-19(13-21)16-28(2)3/h4,6-9,13-15H,5,10-12,16H2,1-3H3,(H2,24,26,27,29). The number of aromatic amines is 1. The Morgan fingerprint density at radius 2 is 1.97 bits per heavy atom. The number of rotatable bonds is 10. The average molecular weight is 408 g/mol. The maximum atomic E-state index is 12.3. The Bertz CT molecular complexity index is 999. The van der Waals surface area contributed by atoms with E-state index in [0.29, 0.717) is 31.1 Å². The number of H-pyrrole nitrogens is 1. The molecule has 2 aromatic heterocycles. The van der Waals surface area contributed by atoms with Gasteiger partial charge in [-0.3, -0.25) is 14.8 Å². The summed E-state index contributed by atoms with van der Waals surface area (Å²) in [6, 6.07) is 12.0. The van der Waals surface area contributed by atoms with Gasteiger partial charge in [0, 0.05) is 43.2 Å². The summed E-state index contributed by atoms with van der Waals surface area (Å²) in [5, 5.41) is 3.14. The normalized spacial score (nSPS) is 10.9. The van der Waals surface area contributed by atoms with Crippen molar-refractivity contribution >= 4 is 5.95 Å². The molecule has 0 saturated carbocycles. The highest BCUT2D eigenvalue weighted by Gasteiger charge is 2.05. The van der Waals surface area contributed by atoms with Crippen molar-refractivity contribution in [3.63, 3.8) is 0 Å². The van der Waals surface area contributed by atoms with Gasteiger partial charge >= 0.3 is 0 Å². The molecule has 2 heterocycles. The van der Waals surface area contributed by atoms with Crippen LogP contribution in [0.25, 0.3) is 0 Å². The second kappa shape index (κ2) is 10.5. The number of ether oxygens (including phenoxy) is 1. The summed E-state index contributed by atoms with van der Waals surface area (Å²) in [5.41, 5.74) is 3.64. The number of aryl methyl sites for hydroxylation is 1. The zero-order chi connectivity index (χ0) is 21.3. The molecule has 0 unspecified atom stereocenters. The first-order chi connectivity index (χ1) is 14.5. The summed E-state index contributed by atoms with van der Waals surface area (Å²) in [4.78, 5) is 25.8. The molecule has 30 heavy (non-hydrogen) atoms. The first kappa shape index (κ1) is 21.5. The lowest BCUT2D eigenvalue weighted by Crippen LogP contribution is -2.18. The van der Waals surface area contributed by atoms with Crippen LogP contribution in [0.2, 0.25) is 0 Å². The molecule has 7 heteroatoms. The molecule has 3 rings (SSSR count). The van der Waals surface area contributed by atoms with Crippen molar-refractivity contribution in [1.82, 2.24) is 19.9 Å². The molecule has 0 fully saturated rings. The number of nitrogens with one attached hydrogen (secondary N) is 2. The van der Waals surface area contributed by atoms with Gasteiger partial charge in [-0.25, -0.2) is 4.98 Å². The van der Waals surface area contributed by atoms with E-state index in [1.807, 2.05) is 45.3 Å². The number of anilines is 1. The van der Waals surface area contributed by atoms with Crippen molar-refractivity contribution in [2.75, 3.05) is 32.6 Å². The molecule has 0 aliphatic heterocycles. The van der Waals surface area contributed by atoms with Crippen molar-refractivity contribution in [2.24, 2.45) is 0 Å². The van der Waals surface area contributed by atoms with Gasteiger partial charge in [-0.15, -0.1) is 0 Å². The maximum absolute atomic E-state index is 12.3. The molecule has 158 valence electrons. The smallest absolute Gasteiger partial charge is 0.255 e. The third-order valence-electron chi connectivity index (χ3n) is 4.52. The van der Waals surface area contributed by atoms with E-state index < -0.39 is 0 Å². The van der Waals surface area contributed by atoms with E-state index >= 15 is 0 Å². The van der Waals surface area contributed by atoms with Gasteiger partial charge in [-0.2, -0.15) is 0 Å². The van der Waals surface area contributed by atoms with Gasteiger partial charge in [0.05, 0.1) is 6.61 Å². The highest BCUT2D eigenvalue weighted by Crippen LogP contribution is 2.14. The molecular formula is C23H29N5O2. The van der Waals surface area contributed by atoms with Crippen molar-refractivity contribution in [3.8, 4) is 5.75 Å². The summed E-state index contributed by atoms with van der Waals surface area (Å²) in [6.45, 7) is 4.06. The zero-order valence-corrected chi connectivity index (χ0v) is 17.8. The molecule has 1 aromatic carbocycles. The van der Waals surface area contributed by atoms with Crippen molar-refractivity contribution in [1.29, 1.82) is 0 Å². The van der Waals surface area contributed by atoms with Crippen LogP contribution < -0.4 is 15.6 Å². The van der Waals surface area contributed by atoms with Crippen LogP contribution in [0.3, 0.4) is 0 Å². The fraction of sp³-hybridized carbons (Fsp3) is 0.348. The first-order valence-corrected chi connectivity index (χ1v) is 10.1. The van der Waals surface area contributed by atoms with E-state index in [1.165, 1.54) is 5.56 Å². The Hall–Kier alpha value is -3.19. The van der Waals surface area contributed by atoms with Crippen LogP contribution in [0.5, 0.6) is 5.75 Å². The predicted molar refractivity (Wildman–Crippen MR) is 119 cm³/mol. The number of hydrogen-bond donors (Lipinski definition) is 2. The van der Waals surface area contributed by atoms with Crippen LogP contribution in [-0.4, -0.2) is 47.1 Å². The summed E-state index contributed by atoms with van der Waals surface area (Å²) >= 11 is 0. The second-order valence-electron chi connectivity index (χ2n) is 7.58. The summed E-state index contributed by atoms with van der Waals surface area (Å²) < 4.78 is 5.83. The first-order valence-electron chi connectivity index (χ1n) is 10.1. The lowest BCUT2D eigenvalue weighted by molar-refractivity contribution is 0.313. The molecule has 7 nitrogen and oxygen atoms in total. The number of hydrogen-bond acceptors (Lipinski definition) is 6. The molecule has 0 aliphatic rings. The largest absolute Gasteiger partial charge is 0.494 e. The number of pyridine rings is 1. The van der Waals surface area contributed by atoms with Crippen LogP contribution in [0.15, 0.2) is 53.6 Å². The molecule has 2 N–H and O–H groups in total. The molecule has 0 aliphatic carbocycles. The Labute approximate surface area is 177 Å². The van der Waals surface area contributed by atoms with Gasteiger partial charge in [0.2, 0.25) is 5.95 Å². The quantitative estimate of drug-likeness (QED) is 0.503. The molecule has 0 radical (unpaired) electrons. The Morgan fingerprint density at radius 1 is 1.10 bits per heavy atom. The highest BCUT2D eigenvalue weighted by atomic mass is 16.5. The average Bonchev–Trinajstić information content (AvgIpc) is 2.71. The lowest BCUT2D eigenvalue weighted by Gasteiger charge is -2.12. The number of benzene rings is 1. The van der Waals surface area contributed by atoms with Crippen LogP contribution in [-0.2, 0) is 13.0 Å². The van der Waals surface area contributed by atoms with Crippen LogP contribution in [0.4, 0.5) is 5.95 Å². The van der Waals surface area contributed by atoms with E-state index in [1.54, 1.807) is 12.4 Å². The van der Waals surface area contributed by atoms with Crippen molar-refractivity contribution < 1.29 is 4.74 Å². The third kappa shape index (κ3) is 6.70. The second-order valence-corrected chi connectivity index (χ2v) is 7.58. The molecule has 0 atom stereocenters. The van der Waals surface area contributed by atoms with Gasteiger partial charge in [0.25, 0.3) is 5.56 Å². The third-order valence-corrected chi connectivity index (χ3v) is 4.52. The minimum Gasteiger partial charge on any atom is -0.494 e. The van der Waals surface area contributed by atoms with Gasteiger partial charge in [-0.1, -0.05) is 18.2 Å². The Morgan fingerprint density at radius 3 is 2.70 bits per heavy atom. The molecule has 0 spiro atoms. The van der Waals surface area contributed by atoms with E-state index in [4.69, 9.17) is 4.74 Å². The van der Waals surface area contributed by atoms with Gasteiger partial charge in [0.1, 0.15) is 5.75 Å². The predicted octanol–water partition coefficient (Wildman–Crippen LogP) is 3.01. The zero-order valence-electron chi connectivity index (χ0n) is 17.8. The van der Waals surface area contributed by atoms with E-state index in [0.717, 1.165) is 30.0 Å². The topological polar surface area (TPSA) is 83.1 Å². The molecule has 0 saturated heterocycles. The van der Waals surface area contributed by atoms with Gasteiger partial charge in [-0.05, 0) is 56.8 Å². The lowest BCUT2D eigenvalue weighted by atomic mass is 10.1. The van der Waals surface area contributed by atoms with Crippen LogP contribution in [0, 0.1) is 6.92 Å². The molecular weight excluding hydrogens is 378 g/mol. The highest BCUT2D eigenvalue weighted by molar-refractivity contribution is 5.29. The van der Waals surface area contributed by atoms with Gasteiger partial charge < -0.3 is 15.0 Å². The maximum Gasteiger partial charge on any atom is 0.255 e. The minimum atomic E-state index is -0.137. The van der Waals surface area contributed by atoms with Crippen molar-refractivity contribution in [3.05, 3.63) is 81.5 Å². The number of aromatic nitrogens is 3. The van der Waals surface area contributed by atoms with Crippen LogP contribution >= 0.6 is 0 Å². The number of nitrogens with zero attached hydrogens (tertiary/aromatic N) is 3. The Balaban J connectivity index is 1.43. The SMILES string of the molecule is Cc1ccc(Cc2cnc(NCCCOc3cccc(CN(C)C)c3)[nH]c2=O)cn1. The van der Waals surface area contributed by atoms with E-state index in [9.17, 15) is 4.79 Å². The monoisotopic (exact) mass is 407 g/mol. The summed E-state index contributed by atoms with van der Waals surface area (Å²) in [6.07, 6.45) is 4.71. The Kier molecular flexibility index (Phi) is 7.57. The summed E-state index contributed by atoms with van der Waals surface area (Å²) in [7, 11) is 4.09. The van der Waals surface area contributed by atoms with E-state index in [-0.39, 0.29) is 5.56 Å². The fourth-order valence-corrected chi connectivity index (χ4v) is 3.03. The van der Waals surface area contributed by atoms with Crippen LogP contribution in [0.1, 0.15) is 28.8 Å².